The van der Waals surface area contributed by atoms with E-state index in [4.69, 9.17) is 21.1 Å². The molecule has 0 fully saturated rings. The van der Waals surface area contributed by atoms with Crippen LogP contribution in [0.4, 0.5) is 5.69 Å². The quantitative estimate of drug-likeness (QED) is 0.703. The summed E-state index contributed by atoms with van der Waals surface area (Å²) in [6.45, 7) is 9.30. The molecule has 4 heteroatoms. The van der Waals surface area contributed by atoms with Gasteiger partial charge < -0.3 is 14.8 Å². The number of anilines is 1. The second-order valence-corrected chi connectivity index (χ2v) is 6.22. The van der Waals surface area contributed by atoms with E-state index in [0.717, 1.165) is 33.3 Å². The summed E-state index contributed by atoms with van der Waals surface area (Å²) in [6, 6.07) is 11.9. The SMILES string of the molecule is Cc1cc(OCCNc2cccc(OC(C)C)c2)cc(C)c1Cl. The Morgan fingerprint density at radius 3 is 2.39 bits per heavy atom. The molecule has 23 heavy (non-hydrogen) atoms. The van der Waals surface area contributed by atoms with Crippen LogP contribution >= 0.6 is 11.6 Å². The molecule has 2 aromatic carbocycles. The van der Waals surface area contributed by atoms with Gasteiger partial charge in [0, 0.05) is 23.3 Å². The molecule has 2 rings (SSSR count). The van der Waals surface area contributed by atoms with E-state index in [1.165, 1.54) is 0 Å². The van der Waals surface area contributed by atoms with Crippen LogP contribution in [0.1, 0.15) is 25.0 Å². The van der Waals surface area contributed by atoms with Crippen molar-refractivity contribution < 1.29 is 9.47 Å². The third kappa shape index (κ3) is 5.36. The molecule has 0 aliphatic rings. The Kier molecular flexibility index (Phi) is 6.17. The summed E-state index contributed by atoms with van der Waals surface area (Å²) < 4.78 is 11.5. The van der Waals surface area contributed by atoms with E-state index < -0.39 is 0 Å². The zero-order chi connectivity index (χ0) is 16.8. The van der Waals surface area contributed by atoms with Gasteiger partial charge >= 0.3 is 0 Å². The van der Waals surface area contributed by atoms with E-state index >= 15 is 0 Å². The van der Waals surface area contributed by atoms with Crippen molar-refractivity contribution in [2.24, 2.45) is 0 Å². The molecule has 2 aromatic rings. The highest BCUT2D eigenvalue weighted by atomic mass is 35.5. The fourth-order valence-electron chi connectivity index (χ4n) is 2.31. The monoisotopic (exact) mass is 333 g/mol. The van der Waals surface area contributed by atoms with Crippen LogP contribution in [0.25, 0.3) is 0 Å². The van der Waals surface area contributed by atoms with Gasteiger partial charge in [-0.1, -0.05) is 17.7 Å². The van der Waals surface area contributed by atoms with Crippen molar-refractivity contribution in [2.45, 2.75) is 33.8 Å². The summed E-state index contributed by atoms with van der Waals surface area (Å²) in [5.74, 6) is 1.72. The Morgan fingerprint density at radius 2 is 1.74 bits per heavy atom. The van der Waals surface area contributed by atoms with Crippen molar-refractivity contribution in [3.05, 3.63) is 52.5 Å². The Morgan fingerprint density at radius 1 is 1.04 bits per heavy atom. The molecule has 0 aliphatic carbocycles. The first-order valence-electron chi connectivity index (χ1n) is 7.86. The standard InChI is InChI=1S/C19H24ClNO2/c1-13(2)23-17-7-5-6-16(12-17)21-8-9-22-18-10-14(3)19(20)15(4)11-18/h5-7,10-13,21H,8-9H2,1-4H3. The fourth-order valence-corrected chi connectivity index (χ4v) is 2.41. The van der Waals surface area contributed by atoms with Crippen molar-refractivity contribution >= 4 is 17.3 Å². The van der Waals surface area contributed by atoms with Gasteiger partial charge in [-0.3, -0.25) is 0 Å². The van der Waals surface area contributed by atoms with Crippen molar-refractivity contribution in [2.75, 3.05) is 18.5 Å². The molecule has 0 heterocycles. The third-order valence-electron chi connectivity index (χ3n) is 3.32. The van der Waals surface area contributed by atoms with Gasteiger partial charge in [-0.2, -0.15) is 0 Å². The maximum atomic E-state index is 6.16. The van der Waals surface area contributed by atoms with Gasteiger partial charge in [-0.05, 0) is 63.1 Å². The summed E-state index contributed by atoms with van der Waals surface area (Å²) in [7, 11) is 0. The van der Waals surface area contributed by atoms with Crippen LogP contribution in [0.5, 0.6) is 11.5 Å². The van der Waals surface area contributed by atoms with Gasteiger partial charge in [0.1, 0.15) is 18.1 Å². The lowest BCUT2D eigenvalue weighted by atomic mass is 10.1. The topological polar surface area (TPSA) is 30.5 Å². The molecule has 0 spiro atoms. The highest BCUT2D eigenvalue weighted by Gasteiger charge is 2.04. The highest BCUT2D eigenvalue weighted by molar-refractivity contribution is 6.32. The molecule has 124 valence electrons. The molecule has 0 bridgehead atoms. The Balaban J connectivity index is 1.84. The number of hydrogen-bond donors (Lipinski definition) is 1. The molecule has 0 radical (unpaired) electrons. The van der Waals surface area contributed by atoms with E-state index in [0.29, 0.717) is 13.2 Å². The van der Waals surface area contributed by atoms with Gasteiger partial charge in [0.25, 0.3) is 0 Å². The normalized spacial score (nSPS) is 10.7. The van der Waals surface area contributed by atoms with E-state index in [-0.39, 0.29) is 6.10 Å². The van der Waals surface area contributed by atoms with Crippen molar-refractivity contribution in [3.63, 3.8) is 0 Å². The third-order valence-corrected chi connectivity index (χ3v) is 3.91. The lowest BCUT2D eigenvalue weighted by molar-refractivity contribution is 0.242. The molecule has 0 aromatic heterocycles. The predicted molar refractivity (Wildman–Crippen MR) is 97.1 cm³/mol. The number of ether oxygens (including phenoxy) is 2. The molecular weight excluding hydrogens is 310 g/mol. The first-order chi connectivity index (χ1) is 11.0. The number of halogens is 1. The van der Waals surface area contributed by atoms with E-state index in [9.17, 15) is 0 Å². The summed E-state index contributed by atoms with van der Waals surface area (Å²) in [5.41, 5.74) is 3.09. The average Bonchev–Trinajstić information content (AvgIpc) is 2.49. The minimum atomic E-state index is 0.171. The summed E-state index contributed by atoms with van der Waals surface area (Å²) >= 11 is 6.16. The lowest BCUT2D eigenvalue weighted by Gasteiger charge is -2.13. The molecule has 3 nitrogen and oxygen atoms in total. The maximum Gasteiger partial charge on any atom is 0.121 e. The molecule has 0 atom stereocenters. The van der Waals surface area contributed by atoms with Crippen LogP contribution in [-0.4, -0.2) is 19.3 Å². The largest absolute Gasteiger partial charge is 0.492 e. The van der Waals surface area contributed by atoms with Gasteiger partial charge in [0.05, 0.1) is 6.10 Å². The Labute approximate surface area is 143 Å². The molecule has 0 amide bonds. The minimum absolute atomic E-state index is 0.171. The molecule has 0 saturated carbocycles. The lowest BCUT2D eigenvalue weighted by Crippen LogP contribution is -2.12. The summed E-state index contributed by atoms with van der Waals surface area (Å²) in [4.78, 5) is 0. The van der Waals surface area contributed by atoms with E-state index in [1.54, 1.807) is 0 Å². The smallest absolute Gasteiger partial charge is 0.121 e. The number of nitrogens with one attached hydrogen (secondary N) is 1. The van der Waals surface area contributed by atoms with Crippen molar-refractivity contribution in [1.29, 1.82) is 0 Å². The van der Waals surface area contributed by atoms with Crippen LogP contribution in [0.3, 0.4) is 0 Å². The number of aryl methyl sites for hydroxylation is 2. The Bertz CT molecular complexity index is 633. The second-order valence-electron chi connectivity index (χ2n) is 5.84. The number of hydrogen-bond acceptors (Lipinski definition) is 3. The molecular formula is C19H24ClNO2. The highest BCUT2D eigenvalue weighted by Crippen LogP contribution is 2.25. The van der Waals surface area contributed by atoms with Crippen LogP contribution in [0, 0.1) is 13.8 Å². The average molecular weight is 334 g/mol. The zero-order valence-electron chi connectivity index (χ0n) is 14.2. The van der Waals surface area contributed by atoms with Crippen LogP contribution in [0.15, 0.2) is 36.4 Å². The van der Waals surface area contributed by atoms with E-state index in [2.05, 4.69) is 5.32 Å². The predicted octanol–water partition coefficient (Wildman–Crippen LogP) is 5.23. The van der Waals surface area contributed by atoms with Crippen molar-refractivity contribution in [1.82, 2.24) is 0 Å². The van der Waals surface area contributed by atoms with Gasteiger partial charge in [0.15, 0.2) is 0 Å². The first kappa shape index (κ1) is 17.5. The van der Waals surface area contributed by atoms with Gasteiger partial charge in [0.2, 0.25) is 0 Å². The minimum Gasteiger partial charge on any atom is -0.492 e. The van der Waals surface area contributed by atoms with Crippen LogP contribution in [-0.2, 0) is 0 Å². The fraction of sp³-hybridized carbons (Fsp3) is 0.368. The molecule has 0 aliphatic heterocycles. The van der Waals surface area contributed by atoms with Gasteiger partial charge in [-0.25, -0.2) is 0 Å². The zero-order valence-corrected chi connectivity index (χ0v) is 14.9. The second kappa shape index (κ2) is 8.11. The number of benzene rings is 2. The Hall–Kier alpha value is -1.87. The van der Waals surface area contributed by atoms with E-state index in [1.807, 2.05) is 64.1 Å². The maximum absolute atomic E-state index is 6.16. The first-order valence-corrected chi connectivity index (χ1v) is 8.23. The van der Waals surface area contributed by atoms with Crippen LogP contribution in [0.2, 0.25) is 5.02 Å². The van der Waals surface area contributed by atoms with Gasteiger partial charge in [-0.15, -0.1) is 0 Å². The van der Waals surface area contributed by atoms with Crippen molar-refractivity contribution in [3.8, 4) is 11.5 Å². The summed E-state index contributed by atoms with van der Waals surface area (Å²) in [6.07, 6.45) is 0.171. The molecule has 1 N–H and O–H groups in total. The molecule has 0 saturated heterocycles. The van der Waals surface area contributed by atoms with Crippen LogP contribution < -0.4 is 14.8 Å². The number of rotatable bonds is 7. The summed E-state index contributed by atoms with van der Waals surface area (Å²) in [5, 5.41) is 4.14. The molecule has 0 unspecified atom stereocenters.